The maximum absolute atomic E-state index is 12.3. The van der Waals surface area contributed by atoms with E-state index in [1.54, 1.807) is 30.3 Å². The van der Waals surface area contributed by atoms with Crippen LogP contribution >= 0.6 is 22.9 Å². The summed E-state index contributed by atoms with van der Waals surface area (Å²) in [6.07, 6.45) is -0.124. The molecule has 0 saturated heterocycles. The molecule has 0 fully saturated rings. The molecule has 1 heterocycles. The Bertz CT molecular complexity index is 1370. The third kappa shape index (κ3) is 6.21. The molecule has 0 bridgehead atoms. The Morgan fingerprint density at radius 1 is 1.06 bits per heavy atom. The van der Waals surface area contributed by atoms with Crippen molar-refractivity contribution in [3.63, 3.8) is 0 Å². The minimum atomic E-state index is -0.958. The van der Waals surface area contributed by atoms with Gasteiger partial charge < -0.3 is 20.4 Å². The standard InChI is InChI=1S/C27H24ClN3O4S/c1-17-2-9-21(10-3-17)31(27-30-23(16-36-27)20-8-11-24(32)22(28)14-20)15-18-4-6-19(7-5-18)26(35)29-13-12-25(33)34/h2-11,14,16,32H,12-13,15H2,1H3,(H,29,35)(H,33,34). The van der Waals surface area contributed by atoms with Gasteiger partial charge in [0.1, 0.15) is 5.75 Å². The fourth-order valence-corrected chi connectivity index (χ4v) is 4.54. The predicted octanol–water partition coefficient (Wildman–Crippen LogP) is 6.02. The Morgan fingerprint density at radius 2 is 1.78 bits per heavy atom. The van der Waals surface area contributed by atoms with Crippen LogP contribution in [0.15, 0.2) is 72.1 Å². The molecule has 0 saturated carbocycles. The maximum Gasteiger partial charge on any atom is 0.305 e. The lowest BCUT2D eigenvalue weighted by Gasteiger charge is -2.22. The van der Waals surface area contributed by atoms with Gasteiger partial charge in [-0.25, -0.2) is 4.98 Å². The van der Waals surface area contributed by atoms with Gasteiger partial charge in [0.05, 0.1) is 23.7 Å². The monoisotopic (exact) mass is 521 g/mol. The number of carboxylic acid groups (broad SMARTS) is 1. The lowest BCUT2D eigenvalue weighted by Crippen LogP contribution is -2.26. The minimum Gasteiger partial charge on any atom is -0.506 e. The third-order valence-corrected chi connectivity index (χ3v) is 6.66. The number of nitrogens with one attached hydrogen (secondary N) is 1. The van der Waals surface area contributed by atoms with Crippen LogP contribution in [-0.4, -0.2) is 33.6 Å². The third-order valence-electron chi connectivity index (χ3n) is 5.49. The lowest BCUT2D eigenvalue weighted by atomic mass is 10.1. The first-order valence-corrected chi connectivity index (χ1v) is 12.4. The van der Waals surface area contributed by atoms with Gasteiger partial charge in [0.25, 0.3) is 5.91 Å². The van der Waals surface area contributed by atoms with E-state index in [1.165, 1.54) is 11.3 Å². The van der Waals surface area contributed by atoms with E-state index in [-0.39, 0.29) is 29.6 Å². The van der Waals surface area contributed by atoms with Crippen LogP contribution in [0.4, 0.5) is 10.8 Å². The average Bonchev–Trinajstić information content (AvgIpc) is 3.35. The molecule has 9 heteroatoms. The van der Waals surface area contributed by atoms with E-state index in [1.807, 2.05) is 48.7 Å². The highest BCUT2D eigenvalue weighted by Crippen LogP contribution is 2.35. The Balaban J connectivity index is 1.57. The number of aliphatic carboxylic acids is 1. The van der Waals surface area contributed by atoms with E-state index in [2.05, 4.69) is 10.2 Å². The molecular formula is C27H24ClN3O4S. The van der Waals surface area contributed by atoms with Crippen molar-refractivity contribution >= 4 is 45.6 Å². The van der Waals surface area contributed by atoms with Crippen molar-refractivity contribution in [2.45, 2.75) is 19.9 Å². The zero-order valence-corrected chi connectivity index (χ0v) is 21.0. The largest absolute Gasteiger partial charge is 0.506 e. The summed E-state index contributed by atoms with van der Waals surface area (Å²) >= 11 is 7.59. The summed E-state index contributed by atoms with van der Waals surface area (Å²) in [5.74, 6) is -1.24. The van der Waals surface area contributed by atoms with Crippen LogP contribution in [0.5, 0.6) is 5.75 Å². The molecule has 0 atom stereocenters. The summed E-state index contributed by atoms with van der Waals surface area (Å²) in [6, 6.07) is 20.4. The number of benzene rings is 3. The quantitative estimate of drug-likeness (QED) is 0.249. The smallest absolute Gasteiger partial charge is 0.305 e. The van der Waals surface area contributed by atoms with Crippen molar-refractivity contribution < 1.29 is 19.8 Å². The van der Waals surface area contributed by atoms with E-state index < -0.39 is 5.97 Å². The number of aryl methyl sites for hydroxylation is 1. The van der Waals surface area contributed by atoms with Gasteiger partial charge in [0.15, 0.2) is 5.13 Å². The number of hydrogen-bond donors (Lipinski definition) is 3. The number of carboxylic acids is 1. The minimum absolute atomic E-state index is 0.0242. The van der Waals surface area contributed by atoms with Crippen LogP contribution in [0.2, 0.25) is 5.02 Å². The van der Waals surface area contributed by atoms with Crippen molar-refractivity contribution in [3.05, 3.63) is 93.8 Å². The van der Waals surface area contributed by atoms with Gasteiger partial charge in [-0.1, -0.05) is 41.4 Å². The second kappa shape index (κ2) is 11.2. The topological polar surface area (TPSA) is 103 Å². The van der Waals surface area contributed by atoms with Gasteiger partial charge in [-0.15, -0.1) is 11.3 Å². The molecule has 7 nitrogen and oxygen atoms in total. The van der Waals surface area contributed by atoms with Crippen molar-refractivity contribution in [2.75, 3.05) is 11.4 Å². The molecule has 0 aliphatic rings. The molecule has 0 spiro atoms. The zero-order chi connectivity index (χ0) is 25.7. The van der Waals surface area contributed by atoms with Crippen LogP contribution in [0.3, 0.4) is 0 Å². The SMILES string of the molecule is Cc1ccc(N(Cc2ccc(C(=O)NCCC(=O)O)cc2)c2nc(-c3ccc(O)c(Cl)c3)cs2)cc1. The number of nitrogens with zero attached hydrogens (tertiary/aromatic N) is 2. The van der Waals surface area contributed by atoms with E-state index in [0.717, 1.165) is 33.2 Å². The highest BCUT2D eigenvalue weighted by Gasteiger charge is 2.16. The molecule has 0 unspecified atom stereocenters. The number of phenolic OH excluding ortho intramolecular Hbond substituents is 1. The van der Waals surface area contributed by atoms with E-state index in [0.29, 0.717) is 12.1 Å². The van der Waals surface area contributed by atoms with E-state index in [4.69, 9.17) is 21.7 Å². The Hall–Kier alpha value is -3.88. The van der Waals surface area contributed by atoms with Gasteiger partial charge in [-0.3, -0.25) is 9.59 Å². The van der Waals surface area contributed by atoms with Crippen LogP contribution in [0.25, 0.3) is 11.3 Å². The van der Waals surface area contributed by atoms with E-state index in [9.17, 15) is 14.7 Å². The highest BCUT2D eigenvalue weighted by molar-refractivity contribution is 7.14. The van der Waals surface area contributed by atoms with Gasteiger partial charge >= 0.3 is 5.97 Å². The molecule has 36 heavy (non-hydrogen) atoms. The molecule has 0 radical (unpaired) electrons. The first-order valence-electron chi connectivity index (χ1n) is 11.2. The number of anilines is 2. The summed E-state index contributed by atoms with van der Waals surface area (Å²) in [5, 5.41) is 24.1. The van der Waals surface area contributed by atoms with Crippen LogP contribution < -0.4 is 10.2 Å². The van der Waals surface area contributed by atoms with Gasteiger partial charge in [-0.05, 0) is 55.0 Å². The van der Waals surface area contributed by atoms with Gasteiger partial charge in [-0.2, -0.15) is 0 Å². The number of halogens is 1. The number of phenols is 1. The summed E-state index contributed by atoms with van der Waals surface area (Å²) in [7, 11) is 0. The Morgan fingerprint density at radius 3 is 2.44 bits per heavy atom. The first-order chi connectivity index (χ1) is 17.3. The molecule has 4 rings (SSSR count). The summed E-state index contributed by atoms with van der Waals surface area (Å²) in [5.41, 5.74) is 5.12. The molecule has 1 aromatic heterocycles. The molecule has 0 aliphatic heterocycles. The predicted molar refractivity (Wildman–Crippen MR) is 142 cm³/mol. The van der Waals surface area contributed by atoms with Gasteiger partial charge in [0, 0.05) is 28.7 Å². The molecule has 184 valence electrons. The molecule has 0 aliphatic carbocycles. The fraction of sp³-hybridized carbons (Fsp3) is 0.148. The van der Waals surface area contributed by atoms with Crippen LogP contribution in [-0.2, 0) is 11.3 Å². The summed E-state index contributed by atoms with van der Waals surface area (Å²) < 4.78 is 0. The summed E-state index contributed by atoms with van der Waals surface area (Å²) in [4.78, 5) is 29.8. The number of carbonyl (C=O) groups is 2. The van der Waals surface area contributed by atoms with Crippen LogP contribution in [0.1, 0.15) is 27.9 Å². The Kier molecular flexibility index (Phi) is 7.87. The fourth-order valence-electron chi connectivity index (χ4n) is 3.51. The Labute approximate surface area is 217 Å². The maximum atomic E-state index is 12.3. The number of aromatic nitrogens is 1. The van der Waals surface area contributed by atoms with Crippen molar-refractivity contribution in [3.8, 4) is 17.0 Å². The first kappa shape index (κ1) is 25.2. The van der Waals surface area contributed by atoms with E-state index >= 15 is 0 Å². The molecule has 3 aromatic carbocycles. The normalized spacial score (nSPS) is 10.7. The summed E-state index contributed by atoms with van der Waals surface area (Å²) in [6.45, 7) is 2.63. The number of hydrogen-bond acceptors (Lipinski definition) is 6. The van der Waals surface area contributed by atoms with Crippen molar-refractivity contribution in [2.24, 2.45) is 0 Å². The van der Waals surface area contributed by atoms with Crippen molar-refractivity contribution in [1.29, 1.82) is 0 Å². The molecule has 3 N–H and O–H groups in total. The number of aromatic hydroxyl groups is 1. The lowest BCUT2D eigenvalue weighted by molar-refractivity contribution is -0.136. The van der Waals surface area contributed by atoms with Crippen molar-refractivity contribution in [1.82, 2.24) is 10.3 Å². The second-order valence-electron chi connectivity index (χ2n) is 8.20. The second-order valence-corrected chi connectivity index (χ2v) is 9.44. The molecule has 4 aromatic rings. The average molecular weight is 522 g/mol. The van der Waals surface area contributed by atoms with Crippen LogP contribution in [0, 0.1) is 6.92 Å². The van der Waals surface area contributed by atoms with Gasteiger partial charge in [0.2, 0.25) is 0 Å². The molecule has 1 amide bonds. The number of thiazole rings is 1. The molecular weight excluding hydrogens is 498 g/mol. The number of carbonyl (C=O) groups excluding carboxylic acids is 1. The highest BCUT2D eigenvalue weighted by atomic mass is 35.5. The number of rotatable bonds is 9. The number of amides is 1. The zero-order valence-electron chi connectivity index (χ0n) is 19.4.